The summed E-state index contributed by atoms with van der Waals surface area (Å²) < 4.78 is 11.3. The monoisotopic (exact) mass is 362 g/mol. The van der Waals surface area contributed by atoms with Crippen molar-refractivity contribution < 1.29 is 9.47 Å². The number of hydrogen-bond acceptors (Lipinski definition) is 2. The lowest BCUT2D eigenvalue weighted by atomic mass is 10.2. The fraction of sp³-hybridized carbons (Fsp3) is 0.360. The first-order chi connectivity index (χ1) is 13.3. The molecule has 0 N–H and O–H groups in total. The van der Waals surface area contributed by atoms with Crippen molar-refractivity contribution in [2.45, 2.75) is 46.0 Å². The van der Waals surface area contributed by atoms with Gasteiger partial charge in [0.25, 0.3) is 0 Å². The van der Waals surface area contributed by atoms with Gasteiger partial charge in [-0.05, 0) is 67.8 Å². The molecule has 0 saturated carbocycles. The van der Waals surface area contributed by atoms with E-state index in [4.69, 9.17) is 9.47 Å². The normalized spacial score (nSPS) is 10.4. The van der Waals surface area contributed by atoms with Gasteiger partial charge >= 0.3 is 0 Å². The Morgan fingerprint density at radius 1 is 0.704 bits per heavy atom. The Kier molecular flexibility index (Phi) is 9.68. The predicted molar refractivity (Wildman–Crippen MR) is 113 cm³/mol. The van der Waals surface area contributed by atoms with Crippen molar-refractivity contribution in [2.75, 3.05) is 13.2 Å². The summed E-state index contributed by atoms with van der Waals surface area (Å²) in [6, 6.07) is 15.8. The summed E-state index contributed by atoms with van der Waals surface area (Å²) in [5, 5.41) is 0. The van der Waals surface area contributed by atoms with Crippen LogP contribution in [0.5, 0.6) is 11.5 Å². The molecular weight excluding hydrogens is 332 g/mol. The summed E-state index contributed by atoms with van der Waals surface area (Å²) in [5.41, 5.74) is 1.95. The summed E-state index contributed by atoms with van der Waals surface area (Å²) in [6.07, 6.45) is 10.3. The fourth-order valence-electron chi connectivity index (χ4n) is 2.48. The lowest BCUT2D eigenvalue weighted by Crippen LogP contribution is -1.94. The standard InChI is InChI=1S/C25H30O2/c1-3-5-6-7-8-9-21-27-25-18-14-23(15-19-25)11-10-22-12-16-24(17-13-22)26-20-4-2/h8-9,12-19H,3-7,20-21H2,1-2H3. The molecule has 2 rings (SSSR count). The van der Waals surface area contributed by atoms with Gasteiger partial charge in [-0.25, -0.2) is 0 Å². The fourth-order valence-corrected chi connectivity index (χ4v) is 2.48. The summed E-state index contributed by atoms with van der Waals surface area (Å²) in [4.78, 5) is 0. The van der Waals surface area contributed by atoms with E-state index in [0.717, 1.165) is 42.1 Å². The molecule has 2 aromatic rings. The molecule has 0 bridgehead atoms. The molecule has 0 atom stereocenters. The topological polar surface area (TPSA) is 18.5 Å². The summed E-state index contributed by atoms with van der Waals surface area (Å²) in [7, 11) is 0. The van der Waals surface area contributed by atoms with E-state index >= 15 is 0 Å². The molecule has 0 saturated heterocycles. The smallest absolute Gasteiger partial charge is 0.119 e. The summed E-state index contributed by atoms with van der Waals surface area (Å²) >= 11 is 0. The molecule has 0 aliphatic carbocycles. The molecule has 0 spiro atoms. The molecule has 0 heterocycles. The van der Waals surface area contributed by atoms with Gasteiger partial charge < -0.3 is 9.47 Å². The summed E-state index contributed by atoms with van der Waals surface area (Å²) in [6.45, 7) is 5.68. The molecule has 0 amide bonds. The largest absolute Gasteiger partial charge is 0.494 e. The van der Waals surface area contributed by atoms with E-state index in [-0.39, 0.29) is 0 Å². The Labute approximate surface area is 164 Å². The van der Waals surface area contributed by atoms with Gasteiger partial charge in [0.15, 0.2) is 0 Å². The third kappa shape index (κ3) is 8.51. The zero-order valence-electron chi connectivity index (χ0n) is 16.5. The van der Waals surface area contributed by atoms with E-state index in [0.29, 0.717) is 6.61 Å². The Balaban J connectivity index is 1.79. The molecule has 2 heteroatoms. The number of allylic oxidation sites excluding steroid dienone is 1. The van der Waals surface area contributed by atoms with Gasteiger partial charge in [-0.15, -0.1) is 0 Å². The van der Waals surface area contributed by atoms with Crippen molar-refractivity contribution >= 4 is 0 Å². The van der Waals surface area contributed by atoms with E-state index in [1.165, 1.54) is 19.3 Å². The van der Waals surface area contributed by atoms with Crippen LogP contribution in [0.4, 0.5) is 0 Å². The highest BCUT2D eigenvalue weighted by Gasteiger charge is 1.94. The van der Waals surface area contributed by atoms with Gasteiger partial charge in [-0.3, -0.25) is 0 Å². The van der Waals surface area contributed by atoms with Gasteiger partial charge in [0.2, 0.25) is 0 Å². The van der Waals surface area contributed by atoms with Gasteiger partial charge in [0.05, 0.1) is 6.61 Å². The number of benzene rings is 2. The van der Waals surface area contributed by atoms with Gasteiger partial charge in [-0.2, -0.15) is 0 Å². The van der Waals surface area contributed by atoms with Crippen LogP contribution in [0.15, 0.2) is 60.7 Å². The first-order valence-corrected chi connectivity index (χ1v) is 9.94. The maximum absolute atomic E-state index is 5.73. The van der Waals surface area contributed by atoms with E-state index in [1.54, 1.807) is 0 Å². The number of ether oxygens (including phenoxy) is 2. The Hall–Kier alpha value is -2.66. The minimum Gasteiger partial charge on any atom is -0.494 e. The highest BCUT2D eigenvalue weighted by molar-refractivity contribution is 5.45. The quantitative estimate of drug-likeness (QED) is 0.277. The molecule has 0 aliphatic rings. The SMILES string of the molecule is CCCCCC=CCOc1ccc(C#Cc2ccc(OCCC)cc2)cc1. The molecular formula is C25H30O2. The number of hydrogen-bond donors (Lipinski definition) is 0. The molecule has 0 aliphatic heterocycles. The number of rotatable bonds is 10. The highest BCUT2D eigenvalue weighted by Crippen LogP contribution is 2.13. The molecule has 0 aromatic heterocycles. The molecule has 2 nitrogen and oxygen atoms in total. The van der Waals surface area contributed by atoms with Crippen LogP contribution in [-0.2, 0) is 0 Å². The zero-order chi connectivity index (χ0) is 19.2. The molecule has 2 aromatic carbocycles. The molecule has 0 fully saturated rings. The highest BCUT2D eigenvalue weighted by atomic mass is 16.5. The minimum atomic E-state index is 0.615. The van der Waals surface area contributed by atoms with Crippen molar-refractivity contribution in [3.63, 3.8) is 0 Å². The first-order valence-electron chi connectivity index (χ1n) is 9.94. The van der Waals surface area contributed by atoms with Crippen LogP contribution >= 0.6 is 0 Å². The second-order valence-corrected chi connectivity index (χ2v) is 6.43. The van der Waals surface area contributed by atoms with Crippen LogP contribution in [0.25, 0.3) is 0 Å². The lowest BCUT2D eigenvalue weighted by Gasteiger charge is -2.03. The molecule has 27 heavy (non-hydrogen) atoms. The van der Waals surface area contributed by atoms with Crippen LogP contribution in [-0.4, -0.2) is 13.2 Å². The first kappa shape index (κ1) is 20.6. The summed E-state index contributed by atoms with van der Waals surface area (Å²) in [5.74, 6) is 8.13. The van der Waals surface area contributed by atoms with Crippen molar-refractivity contribution in [2.24, 2.45) is 0 Å². The van der Waals surface area contributed by atoms with Crippen LogP contribution in [0.3, 0.4) is 0 Å². The Bertz CT molecular complexity index is 731. The van der Waals surface area contributed by atoms with Gasteiger partial charge in [0, 0.05) is 11.1 Å². The number of unbranched alkanes of at least 4 members (excludes halogenated alkanes) is 3. The Morgan fingerprint density at radius 2 is 1.30 bits per heavy atom. The Morgan fingerprint density at radius 3 is 1.85 bits per heavy atom. The van der Waals surface area contributed by atoms with E-state index in [2.05, 4.69) is 37.8 Å². The van der Waals surface area contributed by atoms with Crippen LogP contribution in [0, 0.1) is 11.8 Å². The van der Waals surface area contributed by atoms with Crippen LogP contribution < -0.4 is 9.47 Å². The third-order valence-corrected chi connectivity index (χ3v) is 4.02. The third-order valence-electron chi connectivity index (χ3n) is 4.02. The minimum absolute atomic E-state index is 0.615. The van der Waals surface area contributed by atoms with Crippen molar-refractivity contribution in [1.29, 1.82) is 0 Å². The second kappa shape index (κ2) is 12.7. The predicted octanol–water partition coefficient (Wildman–Crippen LogP) is 6.39. The molecule has 0 radical (unpaired) electrons. The van der Waals surface area contributed by atoms with Crippen molar-refractivity contribution in [3.8, 4) is 23.3 Å². The second-order valence-electron chi connectivity index (χ2n) is 6.43. The zero-order valence-corrected chi connectivity index (χ0v) is 16.5. The molecule has 142 valence electrons. The van der Waals surface area contributed by atoms with E-state index < -0.39 is 0 Å². The van der Waals surface area contributed by atoms with Crippen molar-refractivity contribution in [3.05, 3.63) is 71.8 Å². The van der Waals surface area contributed by atoms with Crippen molar-refractivity contribution in [1.82, 2.24) is 0 Å². The van der Waals surface area contributed by atoms with E-state index in [9.17, 15) is 0 Å². The maximum Gasteiger partial charge on any atom is 0.119 e. The average molecular weight is 363 g/mol. The van der Waals surface area contributed by atoms with Crippen LogP contribution in [0.2, 0.25) is 0 Å². The van der Waals surface area contributed by atoms with Crippen LogP contribution in [0.1, 0.15) is 57.1 Å². The van der Waals surface area contributed by atoms with Gasteiger partial charge in [-0.1, -0.05) is 50.7 Å². The lowest BCUT2D eigenvalue weighted by molar-refractivity contribution is 0.317. The maximum atomic E-state index is 5.73. The van der Waals surface area contributed by atoms with Gasteiger partial charge in [0.1, 0.15) is 18.1 Å². The average Bonchev–Trinajstić information content (AvgIpc) is 2.71. The van der Waals surface area contributed by atoms with E-state index in [1.807, 2.05) is 48.5 Å². The molecule has 0 unspecified atom stereocenters.